The molecule has 9 heteroatoms. The summed E-state index contributed by atoms with van der Waals surface area (Å²) in [4.78, 5) is 25.4. The molecule has 2 aromatic heterocycles. The Labute approximate surface area is 161 Å². The molecule has 0 unspecified atom stereocenters. The molecule has 2 aromatic rings. The number of amides is 1. The summed E-state index contributed by atoms with van der Waals surface area (Å²) in [6.07, 6.45) is -0.384. The predicted octanol–water partition coefficient (Wildman–Crippen LogP) is 3.37. The highest BCUT2D eigenvalue weighted by atomic mass is 19.4. The smallest absolute Gasteiger partial charge is 0.369 e. The summed E-state index contributed by atoms with van der Waals surface area (Å²) in [5.74, 6) is -0.291. The number of aromatic nitrogens is 3. The molecule has 1 fully saturated rings. The zero-order valence-electron chi connectivity index (χ0n) is 15.8. The Bertz CT molecular complexity index is 833. The molecule has 1 aliphatic heterocycles. The highest BCUT2D eigenvalue weighted by Crippen LogP contribution is 2.25. The van der Waals surface area contributed by atoms with Gasteiger partial charge in [0.1, 0.15) is 5.82 Å². The highest BCUT2D eigenvalue weighted by molar-refractivity contribution is 5.81. The molecule has 28 heavy (non-hydrogen) atoms. The fourth-order valence-electron chi connectivity index (χ4n) is 3.19. The van der Waals surface area contributed by atoms with Crippen molar-refractivity contribution in [1.29, 1.82) is 0 Å². The summed E-state index contributed by atoms with van der Waals surface area (Å²) >= 11 is 0. The zero-order valence-corrected chi connectivity index (χ0v) is 15.8. The minimum absolute atomic E-state index is 0.118. The van der Waals surface area contributed by atoms with E-state index in [1.165, 1.54) is 0 Å². The molecule has 0 saturated carbocycles. The van der Waals surface area contributed by atoms with Crippen molar-refractivity contribution in [2.75, 3.05) is 25.0 Å². The van der Waals surface area contributed by atoms with Gasteiger partial charge in [0, 0.05) is 48.8 Å². The second-order valence-corrected chi connectivity index (χ2v) is 6.96. The molecule has 6 nitrogen and oxygen atoms in total. The Morgan fingerprint density at radius 3 is 2.57 bits per heavy atom. The van der Waals surface area contributed by atoms with E-state index in [1.807, 2.05) is 26.0 Å². The summed E-state index contributed by atoms with van der Waals surface area (Å²) in [6, 6.07) is 3.70. The van der Waals surface area contributed by atoms with Gasteiger partial charge in [0.05, 0.1) is 0 Å². The lowest BCUT2D eigenvalue weighted by Gasteiger charge is -2.32. The first-order valence-corrected chi connectivity index (χ1v) is 9.11. The normalized spacial score (nSPS) is 15.5. The predicted molar refractivity (Wildman–Crippen MR) is 98.6 cm³/mol. The number of aryl methyl sites for hydroxylation is 1. The average molecular weight is 393 g/mol. The molecule has 0 aliphatic carbocycles. The molecule has 0 radical (unpaired) electrons. The summed E-state index contributed by atoms with van der Waals surface area (Å²) in [5.41, 5.74) is 2.59. The molecule has 0 bridgehead atoms. The third kappa shape index (κ3) is 4.58. The Hall–Kier alpha value is -2.71. The number of rotatable bonds is 4. The molecule has 1 aliphatic rings. The number of pyridine rings is 1. The molecule has 0 aromatic carbocycles. The minimum Gasteiger partial charge on any atom is -0.369 e. The summed E-state index contributed by atoms with van der Waals surface area (Å²) < 4.78 is 37.6. The first-order valence-electron chi connectivity index (χ1n) is 9.11. The number of piperidine rings is 1. The fourth-order valence-corrected chi connectivity index (χ4v) is 3.19. The van der Waals surface area contributed by atoms with E-state index in [1.54, 1.807) is 12.4 Å². The molecular weight excluding hydrogens is 371 g/mol. The Morgan fingerprint density at radius 1 is 1.25 bits per heavy atom. The van der Waals surface area contributed by atoms with Gasteiger partial charge in [-0.1, -0.05) is 0 Å². The van der Waals surface area contributed by atoms with Gasteiger partial charge in [0.25, 0.3) is 0 Å². The minimum atomic E-state index is -4.80. The van der Waals surface area contributed by atoms with Gasteiger partial charge in [-0.2, -0.15) is 13.2 Å². The van der Waals surface area contributed by atoms with Crippen LogP contribution in [0.5, 0.6) is 0 Å². The Balaban J connectivity index is 1.63. The third-order valence-electron chi connectivity index (χ3n) is 5.01. The first kappa shape index (κ1) is 20.0. The number of carbonyl (C=O) groups excluding carboxylic acids is 1. The number of hydrogen-bond donors (Lipinski definition) is 1. The van der Waals surface area contributed by atoms with Gasteiger partial charge in [-0.25, -0.2) is 9.97 Å². The second-order valence-electron chi connectivity index (χ2n) is 6.96. The largest absolute Gasteiger partial charge is 0.471 e. The van der Waals surface area contributed by atoms with Crippen molar-refractivity contribution >= 4 is 11.7 Å². The SMILES string of the molecule is Cc1nc(-c2cccnc2)nc(NCC2CCN(C(=O)C(F)(F)F)CC2)c1C. The molecule has 3 rings (SSSR count). The van der Waals surface area contributed by atoms with Crippen molar-refractivity contribution in [3.8, 4) is 11.4 Å². The van der Waals surface area contributed by atoms with Crippen LogP contribution in [-0.2, 0) is 4.79 Å². The van der Waals surface area contributed by atoms with Crippen molar-refractivity contribution in [3.05, 3.63) is 35.8 Å². The van der Waals surface area contributed by atoms with Crippen LogP contribution < -0.4 is 5.32 Å². The number of carbonyl (C=O) groups is 1. The van der Waals surface area contributed by atoms with Gasteiger partial charge in [0.15, 0.2) is 5.82 Å². The first-order chi connectivity index (χ1) is 13.3. The van der Waals surface area contributed by atoms with Gasteiger partial charge in [-0.3, -0.25) is 9.78 Å². The zero-order chi connectivity index (χ0) is 20.3. The quantitative estimate of drug-likeness (QED) is 0.863. The number of alkyl halides is 3. The van der Waals surface area contributed by atoms with E-state index in [0.29, 0.717) is 31.0 Å². The van der Waals surface area contributed by atoms with Gasteiger partial charge in [0.2, 0.25) is 0 Å². The van der Waals surface area contributed by atoms with Crippen LogP contribution in [0.25, 0.3) is 11.4 Å². The molecule has 3 heterocycles. The summed E-state index contributed by atoms with van der Waals surface area (Å²) in [7, 11) is 0. The van der Waals surface area contributed by atoms with Crippen LogP contribution in [0.4, 0.5) is 19.0 Å². The highest BCUT2D eigenvalue weighted by Gasteiger charge is 2.43. The van der Waals surface area contributed by atoms with E-state index in [2.05, 4.69) is 20.3 Å². The van der Waals surface area contributed by atoms with Crippen LogP contribution in [-0.4, -0.2) is 51.6 Å². The van der Waals surface area contributed by atoms with E-state index in [-0.39, 0.29) is 19.0 Å². The monoisotopic (exact) mass is 393 g/mol. The number of nitrogens with one attached hydrogen (secondary N) is 1. The van der Waals surface area contributed by atoms with Crippen LogP contribution in [0, 0.1) is 19.8 Å². The van der Waals surface area contributed by atoms with E-state index in [4.69, 9.17) is 0 Å². The molecule has 150 valence electrons. The van der Waals surface area contributed by atoms with E-state index < -0.39 is 12.1 Å². The summed E-state index contributed by atoms with van der Waals surface area (Å²) in [5, 5.41) is 3.31. The summed E-state index contributed by atoms with van der Waals surface area (Å²) in [6.45, 7) is 4.65. The number of likely N-dealkylation sites (tertiary alicyclic amines) is 1. The van der Waals surface area contributed by atoms with E-state index >= 15 is 0 Å². The van der Waals surface area contributed by atoms with Crippen LogP contribution >= 0.6 is 0 Å². The van der Waals surface area contributed by atoms with Crippen LogP contribution in [0.3, 0.4) is 0 Å². The lowest BCUT2D eigenvalue weighted by Crippen LogP contribution is -2.46. The molecule has 0 atom stereocenters. The van der Waals surface area contributed by atoms with Crippen LogP contribution in [0.15, 0.2) is 24.5 Å². The number of anilines is 1. The van der Waals surface area contributed by atoms with Gasteiger partial charge in [-0.05, 0) is 44.7 Å². The second kappa shape index (κ2) is 8.12. The van der Waals surface area contributed by atoms with Crippen molar-refractivity contribution in [2.45, 2.75) is 32.9 Å². The van der Waals surface area contributed by atoms with Crippen molar-refractivity contribution in [3.63, 3.8) is 0 Å². The van der Waals surface area contributed by atoms with Gasteiger partial charge < -0.3 is 10.2 Å². The van der Waals surface area contributed by atoms with Crippen molar-refractivity contribution in [2.24, 2.45) is 5.92 Å². The van der Waals surface area contributed by atoms with E-state index in [9.17, 15) is 18.0 Å². The number of nitrogens with zero attached hydrogens (tertiary/aromatic N) is 4. The van der Waals surface area contributed by atoms with Crippen LogP contribution in [0.1, 0.15) is 24.1 Å². The maximum Gasteiger partial charge on any atom is 0.471 e. The molecule has 1 saturated heterocycles. The Kier molecular flexibility index (Phi) is 5.81. The van der Waals surface area contributed by atoms with E-state index in [0.717, 1.165) is 21.7 Å². The topological polar surface area (TPSA) is 71.0 Å². The van der Waals surface area contributed by atoms with Gasteiger partial charge in [-0.15, -0.1) is 0 Å². The van der Waals surface area contributed by atoms with Crippen molar-refractivity contribution < 1.29 is 18.0 Å². The standard InChI is InChI=1S/C19H22F3N5O/c1-12-13(2)25-17(15-4-3-7-23-11-15)26-16(12)24-10-14-5-8-27(9-6-14)18(28)19(20,21)22/h3-4,7,11,14H,5-6,8-10H2,1-2H3,(H,24,25,26). The number of hydrogen-bond acceptors (Lipinski definition) is 5. The van der Waals surface area contributed by atoms with Gasteiger partial charge >= 0.3 is 12.1 Å². The fraction of sp³-hybridized carbons (Fsp3) is 0.474. The molecular formula is C19H22F3N5O. The average Bonchev–Trinajstić information content (AvgIpc) is 2.69. The number of halogens is 3. The molecule has 0 spiro atoms. The lowest BCUT2D eigenvalue weighted by atomic mass is 9.96. The Morgan fingerprint density at radius 2 is 1.96 bits per heavy atom. The maximum absolute atomic E-state index is 12.5. The lowest BCUT2D eigenvalue weighted by molar-refractivity contribution is -0.186. The van der Waals surface area contributed by atoms with Crippen LogP contribution in [0.2, 0.25) is 0 Å². The third-order valence-corrected chi connectivity index (χ3v) is 5.01. The van der Waals surface area contributed by atoms with Crippen molar-refractivity contribution in [1.82, 2.24) is 19.9 Å². The molecule has 1 amide bonds. The molecule has 1 N–H and O–H groups in total. The maximum atomic E-state index is 12.5.